The first kappa shape index (κ1) is 25.4. The molecular formula is C24H33N3O4S. The van der Waals surface area contributed by atoms with Crippen LogP contribution in [0.3, 0.4) is 0 Å². The molecular weight excluding hydrogens is 426 g/mol. The smallest absolute Gasteiger partial charge is 0.244 e. The van der Waals surface area contributed by atoms with Crippen LogP contribution >= 0.6 is 0 Å². The Balaban J connectivity index is 2.29. The summed E-state index contributed by atoms with van der Waals surface area (Å²) in [5.74, 6) is -0.677. The number of rotatable bonds is 11. The molecule has 0 aliphatic carbocycles. The van der Waals surface area contributed by atoms with Crippen molar-refractivity contribution in [1.82, 2.24) is 10.2 Å². The zero-order valence-electron chi connectivity index (χ0n) is 19.2. The average Bonchev–Trinajstić information content (AvgIpc) is 2.76. The number of nitrogens with one attached hydrogen (secondary N) is 1. The van der Waals surface area contributed by atoms with Gasteiger partial charge in [-0.3, -0.25) is 13.9 Å². The molecule has 0 fully saturated rings. The van der Waals surface area contributed by atoms with Crippen LogP contribution < -0.4 is 9.62 Å². The molecule has 32 heavy (non-hydrogen) atoms. The molecule has 0 saturated heterocycles. The summed E-state index contributed by atoms with van der Waals surface area (Å²) in [4.78, 5) is 27.5. The molecule has 8 heteroatoms. The van der Waals surface area contributed by atoms with Gasteiger partial charge in [-0.1, -0.05) is 55.5 Å². The molecule has 0 saturated carbocycles. The molecule has 7 nitrogen and oxygen atoms in total. The van der Waals surface area contributed by atoms with E-state index in [1.54, 1.807) is 32.0 Å². The van der Waals surface area contributed by atoms with Gasteiger partial charge in [0, 0.05) is 13.1 Å². The molecule has 2 amide bonds. The molecule has 2 aromatic carbocycles. The maximum atomic E-state index is 13.4. The van der Waals surface area contributed by atoms with Crippen LogP contribution in [0.1, 0.15) is 31.4 Å². The monoisotopic (exact) mass is 459 g/mol. The van der Waals surface area contributed by atoms with Gasteiger partial charge in [-0.2, -0.15) is 0 Å². The zero-order chi connectivity index (χ0) is 23.7. The van der Waals surface area contributed by atoms with E-state index in [1.165, 1.54) is 4.90 Å². The fraction of sp³-hybridized carbons (Fsp3) is 0.417. The summed E-state index contributed by atoms with van der Waals surface area (Å²) in [7, 11) is -3.71. The molecule has 1 N–H and O–H groups in total. The molecule has 0 radical (unpaired) electrons. The van der Waals surface area contributed by atoms with Crippen LogP contribution in [0.2, 0.25) is 0 Å². The van der Waals surface area contributed by atoms with E-state index in [9.17, 15) is 18.0 Å². The Labute approximate surface area is 191 Å². The van der Waals surface area contributed by atoms with Crippen LogP contribution in [0.25, 0.3) is 0 Å². The Morgan fingerprint density at radius 1 is 1.03 bits per heavy atom. The van der Waals surface area contributed by atoms with Gasteiger partial charge in [-0.25, -0.2) is 8.42 Å². The molecule has 174 valence electrons. The number of anilines is 1. The number of carbonyl (C=O) groups is 2. The molecule has 0 spiro atoms. The molecule has 1 atom stereocenters. The van der Waals surface area contributed by atoms with Crippen LogP contribution in [-0.2, 0) is 26.0 Å². The highest BCUT2D eigenvalue weighted by molar-refractivity contribution is 7.92. The average molecular weight is 460 g/mol. The Hall–Kier alpha value is -2.87. The largest absolute Gasteiger partial charge is 0.354 e. The number of benzene rings is 2. The normalized spacial score (nSPS) is 12.1. The van der Waals surface area contributed by atoms with Crippen molar-refractivity contribution >= 4 is 27.5 Å². The van der Waals surface area contributed by atoms with Crippen molar-refractivity contribution in [2.75, 3.05) is 30.2 Å². The highest BCUT2D eigenvalue weighted by Gasteiger charge is 2.30. The predicted molar refractivity (Wildman–Crippen MR) is 128 cm³/mol. The Morgan fingerprint density at radius 2 is 1.66 bits per heavy atom. The van der Waals surface area contributed by atoms with Crippen LogP contribution in [0.15, 0.2) is 54.6 Å². The molecule has 0 heterocycles. The van der Waals surface area contributed by atoms with E-state index in [4.69, 9.17) is 0 Å². The molecule has 0 unspecified atom stereocenters. The number of nitrogens with zero attached hydrogens (tertiary/aromatic N) is 2. The summed E-state index contributed by atoms with van der Waals surface area (Å²) >= 11 is 0. The first-order chi connectivity index (χ1) is 15.1. The van der Waals surface area contributed by atoms with Crippen molar-refractivity contribution in [2.24, 2.45) is 0 Å². The predicted octanol–water partition coefficient (Wildman–Crippen LogP) is 2.75. The minimum Gasteiger partial charge on any atom is -0.354 e. The minimum atomic E-state index is -3.71. The van der Waals surface area contributed by atoms with Gasteiger partial charge in [0.1, 0.15) is 12.6 Å². The molecule has 0 aliphatic heterocycles. The maximum absolute atomic E-state index is 13.4. The van der Waals surface area contributed by atoms with Crippen molar-refractivity contribution in [1.29, 1.82) is 0 Å². The molecule has 0 aliphatic rings. The number of hydrogen-bond donors (Lipinski definition) is 1. The Morgan fingerprint density at radius 3 is 2.25 bits per heavy atom. The van der Waals surface area contributed by atoms with E-state index >= 15 is 0 Å². The Kier molecular flexibility index (Phi) is 9.26. The highest BCUT2D eigenvalue weighted by Crippen LogP contribution is 2.22. The van der Waals surface area contributed by atoms with Crippen molar-refractivity contribution < 1.29 is 18.0 Å². The highest BCUT2D eigenvalue weighted by atomic mass is 32.2. The van der Waals surface area contributed by atoms with Crippen LogP contribution in [0, 0.1) is 6.92 Å². The van der Waals surface area contributed by atoms with Crippen molar-refractivity contribution in [3.8, 4) is 0 Å². The van der Waals surface area contributed by atoms with Gasteiger partial charge in [-0.15, -0.1) is 0 Å². The van der Waals surface area contributed by atoms with Crippen LogP contribution in [-0.4, -0.2) is 57.1 Å². The first-order valence-corrected chi connectivity index (χ1v) is 12.6. The molecule has 2 rings (SSSR count). The third-order valence-corrected chi connectivity index (χ3v) is 6.39. The lowest BCUT2D eigenvalue weighted by atomic mass is 10.1. The van der Waals surface area contributed by atoms with Gasteiger partial charge in [0.05, 0.1) is 11.9 Å². The summed E-state index contributed by atoms with van der Waals surface area (Å²) in [6.07, 6.45) is 2.42. The summed E-state index contributed by atoms with van der Waals surface area (Å²) in [6.45, 7) is 5.87. The standard InChI is InChI=1S/C24H33N3O4S/c1-5-16-25-24(29)20(3)26(17-15-21-12-7-6-8-13-21)23(28)18-27(32(4,30)31)22-14-10-9-11-19(22)2/h6-14,20H,5,15-18H2,1-4H3,(H,25,29)/t20-/m1/s1. The third-order valence-electron chi connectivity index (χ3n) is 5.26. The van der Waals surface area contributed by atoms with E-state index in [2.05, 4.69) is 5.32 Å². The summed E-state index contributed by atoms with van der Waals surface area (Å²) in [5.41, 5.74) is 2.23. The van der Waals surface area contributed by atoms with E-state index in [1.807, 2.05) is 43.3 Å². The van der Waals surface area contributed by atoms with Gasteiger partial charge >= 0.3 is 0 Å². The van der Waals surface area contributed by atoms with E-state index in [0.29, 0.717) is 25.2 Å². The number of hydrogen-bond acceptors (Lipinski definition) is 4. The van der Waals surface area contributed by atoms with Gasteiger partial charge < -0.3 is 10.2 Å². The van der Waals surface area contributed by atoms with E-state index in [0.717, 1.165) is 28.1 Å². The van der Waals surface area contributed by atoms with Gasteiger partial charge in [0.2, 0.25) is 21.8 Å². The second-order valence-corrected chi connectivity index (χ2v) is 9.75. The van der Waals surface area contributed by atoms with E-state index < -0.39 is 22.0 Å². The van der Waals surface area contributed by atoms with Crippen molar-refractivity contribution in [3.63, 3.8) is 0 Å². The topological polar surface area (TPSA) is 86.8 Å². The summed E-state index contributed by atoms with van der Waals surface area (Å²) in [5, 5.41) is 2.83. The molecule has 0 bridgehead atoms. The Bertz CT molecular complexity index is 1010. The maximum Gasteiger partial charge on any atom is 0.244 e. The van der Waals surface area contributed by atoms with Gasteiger partial charge in [-0.05, 0) is 43.9 Å². The van der Waals surface area contributed by atoms with Gasteiger partial charge in [0.25, 0.3) is 0 Å². The second kappa shape index (κ2) is 11.7. The quantitative estimate of drug-likeness (QED) is 0.560. The lowest BCUT2D eigenvalue weighted by molar-refractivity contribution is -0.138. The number of carbonyl (C=O) groups excluding carboxylic acids is 2. The van der Waals surface area contributed by atoms with Gasteiger partial charge in [0.15, 0.2) is 0 Å². The number of amides is 2. The fourth-order valence-corrected chi connectivity index (χ4v) is 4.31. The second-order valence-electron chi connectivity index (χ2n) is 7.85. The summed E-state index contributed by atoms with van der Waals surface area (Å²) in [6, 6.07) is 16.0. The minimum absolute atomic E-state index is 0.255. The van der Waals surface area contributed by atoms with Crippen LogP contribution in [0.4, 0.5) is 5.69 Å². The summed E-state index contributed by atoms with van der Waals surface area (Å²) < 4.78 is 26.2. The first-order valence-electron chi connectivity index (χ1n) is 10.8. The van der Waals surface area contributed by atoms with Crippen LogP contribution in [0.5, 0.6) is 0 Å². The number of aryl methyl sites for hydroxylation is 1. The third kappa shape index (κ3) is 7.09. The molecule has 2 aromatic rings. The SMILES string of the molecule is CCCNC(=O)[C@@H](C)N(CCc1ccccc1)C(=O)CN(c1ccccc1C)S(C)(=O)=O. The zero-order valence-corrected chi connectivity index (χ0v) is 20.1. The lowest BCUT2D eigenvalue weighted by Crippen LogP contribution is -2.52. The lowest BCUT2D eigenvalue weighted by Gasteiger charge is -2.31. The van der Waals surface area contributed by atoms with Crippen molar-refractivity contribution in [2.45, 2.75) is 39.7 Å². The van der Waals surface area contributed by atoms with Crippen molar-refractivity contribution in [3.05, 3.63) is 65.7 Å². The molecule has 0 aromatic heterocycles. The number of sulfonamides is 1. The fourth-order valence-electron chi connectivity index (χ4n) is 3.40. The van der Waals surface area contributed by atoms with E-state index in [-0.39, 0.29) is 12.5 Å². The number of para-hydroxylation sites is 1.